The minimum absolute atomic E-state index is 0.0893. The molecule has 0 saturated heterocycles. The number of nitro benzene ring substituents is 1. The number of hydrogen-bond acceptors (Lipinski definition) is 7. The van der Waals surface area contributed by atoms with Gasteiger partial charge >= 0.3 is 0 Å². The van der Waals surface area contributed by atoms with Crippen LogP contribution in [0.4, 0.5) is 17.1 Å². The van der Waals surface area contributed by atoms with E-state index in [1.165, 1.54) is 17.8 Å². The van der Waals surface area contributed by atoms with Gasteiger partial charge in [-0.2, -0.15) is 5.10 Å². The van der Waals surface area contributed by atoms with Crippen LogP contribution in [0, 0.1) is 24.0 Å². The summed E-state index contributed by atoms with van der Waals surface area (Å²) in [6.07, 6.45) is 1.87. The Morgan fingerprint density at radius 2 is 2.05 bits per heavy atom. The fourth-order valence-corrected chi connectivity index (χ4v) is 2.38. The Balaban J connectivity index is 2.42. The van der Waals surface area contributed by atoms with Crippen LogP contribution >= 0.6 is 24.0 Å². The molecule has 0 bridgehead atoms. The Kier molecular flexibility index (Phi) is 4.99. The highest BCUT2D eigenvalue weighted by molar-refractivity contribution is 8.22. The molecule has 0 radical (unpaired) electrons. The van der Waals surface area contributed by atoms with Crippen molar-refractivity contribution >= 4 is 45.4 Å². The third-order valence-electron chi connectivity index (χ3n) is 2.94. The summed E-state index contributed by atoms with van der Waals surface area (Å²) in [5, 5.41) is 23.4. The first-order valence-electron chi connectivity index (χ1n) is 6.25. The van der Waals surface area contributed by atoms with Gasteiger partial charge in [0.15, 0.2) is 10.0 Å². The second-order valence-corrected chi connectivity index (χ2v) is 5.79. The van der Waals surface area contributed by atoms with Gasteiger partial charge in [-0.25, -0.2) is 4.68 Å². The van der Waals surface area contributed by atoms with E-state index in [1.807, 2.05) is 13.2 Å². The Hall–Kier alpha value is -2.13. The number of nitrogens with zero attached hydrogens (tertiary/aromatic N) is 5. The van der Waals surface area contributed by atoms with Crippen LogP contribution in [0.2, 0.25) is 0 Å². The minimum atomic E-state index is -0.486. The van der Waals surface area contributed by atoms with E-state index in [4.69, 9.17) is 12.2 Å². The molecule has 0 fully saturated rings. The maximum Gasteiger partial charge on any atom is 0.296 e. The number of para-hydroxylation sites is 1. The molecule has 114 valence electrons. The summed E-state index contributed by atoms with van der Waals surface area (Å²) in [5.74, 6) is 0. The third-order valence-corrected chi connectivity index (χ3v) is 4.13. The van der Waals surface area contributed by atoms with E-state index in [0.29, 0.717) is 15.7 Å². The van der Waals surface area contributed by atoms with E-state index in [1.54, 1.807) is 29.8 Å². The topological polar surface area (TPSA) is 85.7 Å². The van der Waals surface area contributed by atoms with Crippen molar-refractivity contribution in [3.8, 4) is 0 Å². The normalized spacial score (nSPS) is 11.0. The fraction of sp³-hybridized carbons (Fsp3) is 0.231. The molecule has 2 rings (SSSR count). The van der Waals surface area contributed by atoms with Gasteiger partial charge in [-0.05, 0) is 26.2 Å². The number of rotatable bonds is 3. The lowest BCUT2D eigenvalue weighted by molar-refractivity contribution is -0.384. The fourth-order valence-electron chi connectivity index (χ4n) is 1.85. The van der Waals surface area contributed by atoms with Crippen molar-refractivity contribution in [1.29, 1.82) is 0 Å². The molecule has 1 heterocycles. The SMILES string of the molecule is CSC(=S)n1nc(C)c(N=Nc2ccccc2[N+](=O)[O-])c1C. The van der Waals surface area contributed by atoms with Crippen LogP contribution < -0.4 is 0 Å². The van der Waals surface area contributed by atoms with Gasteiger partial charge in [0.05, 0.1) is 16.3 Å². The Bertz CT molecular complexity index is 770. The van der Waals surface area contributed by atoms with E-state index < -0.39 is 4.92 Å². The molecule has 0 aliphatic carbocycles. The van der Waals surface area contributed by atoms with Crippen LogP contribution in [-0.4, -0.2) is 25.3 Å². The van der Waals surface area contributed by atoms with Crippen LogP contribution in [0.25, 0.3) is 0 Å². The van der Waals surface area contributed by atoms with Gasteiger partial charge in [0.1, 0.15) is 5.69 Å². The highest BCUT2D eigenvalue weighted by atomic mass is 32.2. The third kappa shape index (κ3) is 3.20. The molecule has 0 N–H and O–H groups in total. The van der Waals surface area contributed by atoms with Gasteiger partial charge < -0.3 is 0 Å². The van der Waals surface area contributed by atoms with Gasteiger partial charge in [0.2, 0.25) is 0 Å². The van der Waals surface area contributed by atoms with Crippen LogP contribution in [-0.2, 0) is 0 Å². The zero-order chi connectivity index (χ0) is 16.3. The lowest BCUT2D eigenvalue weighted by Gasteiger charge is -2.01. The zero-order valence-electron chi connectivity index (χ0n) is 12.2. The van der Waals surface area contributed by atoms with Crippen LogP contribution in [0.3, 0.4) is 0 Å². The number of benzene rings is 1. The lowest BCUT2D eigenvalue weighted by atomic mass is 10.3. The molecule has 0 aliphatic rings. The number of nitro groups is 1. The van der Waals surface area contributed by atoms with E-state index >= 15 is 0 Å². The standard InChI is InChI=1S/C13H13N5O2S2/c1-8-12(9(2)17(16-8)13(21)22-3)15-14-10-6-4-5-7-11(10)18(19)20/h4-7H,1-3H3. The van der Waals surface area contributed by atoms with E-state index in [2.05, 4.69) is 15.3 Å². The number of aryl methyl sites for hydroxylation is 1. The smallest absolute Gasteiger partial charge is 0.258 e. The van der Waals surface area contributed by atoms with Crippen molar-refractivity contribution in [2.75, 3.05) is 6.26 Å². The van der Waals surface area contributed by atoms with Crippen molar-refractivity contribution in [1.82, 2.24) is 9.78 Å². The van der Waals surface area contributed by atoms with Gasteiger partial charge in [0, 0.05) is 6.07 Å². The molecule has 0 unspecified atom stereocenters. The number of hydrogen-bond donors (Lipinski definition) is 0. The molecule has 7 nitrogen and oxygen atoms in total. The second kappa shape index (κ2) is 6.75. The average molecular weight is 335 g/mol. The van der Waals surface area contributed by atoms with Crippen LogP contribution in [0.5, 0.6) is 0 Å². The van der Waals surface area contributed by atoms with Crippen LogP contribution in [0.15, 0.2) is 34.5 Å². The molecule has 0 amide bonds. The summed E-state index contributed by atoms with van der Waals surface area (Å²) in [7, 11) is 0. The van der Waals surface area contributed by atoms with Crippen LogP contribution in [0.1, 0.15) is 11.4 Å². The van der Waals surface area contributed by atoms with E-state index in [0.717, 1.165) is 5.69 Å². The molecule has 0 spiro atoms. The van der Waals surface area contributed by atoms with Gasteiger partial charge in [-0.15, -0.1) is 10.2 Å². The predicted octanol–water partition coefficient (Wildman–Crippen LogP) is 4.32. The molecule has 22 heavy (non-hydrogen) atoms. The molecule has 1 aromatic heterocycles. The second-order valence-electron chi connectivity index (χ2n) is 4.35. The molecular weight excluding hydrogens is 322 g/mol. The van der Waals surface area contributed by atoms with Gasteiger partial charge in [-0.1, -0.05) is 36.1 Å². The maximum atomic E-state index is 11.0. The molecule has 0 saturated carbocycles. The minimum Gasteiger partial charge on any atom is -0.258 e. The number of aromatic nitrogens is 2. The predicted molar refractivity (Wildman–Crippen MR) is 90.5 cm³/mol. The van der Waals surface area contributed by atoms with Gasteiger partial charge in [-0.3, -0.25) is 10.1 Å². The molecule has 0 aliphatic heterocycles. The molecule has 0 atom stereocenters. The lowest BCUT2D eigenvalue weighted by Crippen LogP contribution is -2.07. The number of thioether (sulfide) groups is 1. The van der Waals surface area contributed by atoms with Crippen molar-refractivity contribution in [3.63, 3.8) is 0 Å². The molecule has 1 aromatic carbocycles. The first-order valence-corrected chi connectivity index (χ1v) is 7.88. The highest BCUT2D eigenvalue weighted by Gasteiger charge is 2.15. The summed E-state index contributed by atoms with van der Waals surface area (Å²) in [5.41, 5.74) is 2.09. The van der Waals surface area contributed by atoms with Crippen molar-refractivity contribution in [3.05, 3.63) is 45.8 Å². The number of thiocarbonyl (C=S) groups is 1. The molecule has 9 heteroatoms. The Morgan fingerprint density at radius 3 is 2.68 bits per heavy atom. The Morgan fingerprint density at radius 1 is 1.36 bits per heavy atom. The zero-order valence-corrected chi connectivity index (χ0v) is 13.8. The monoisotopic (exact) mass is 335 g/mol. The number of azo groups is 1. The summed E-state index contributed by atoms with van der Waals surface area (Å²) >= 11 is 6.62. The van der Waals surface area contributed by atoms with E-state index in [-0.39, 0.29) is 11.4 Å². The summed E-state index contributed by atoms with van der Waals surface area (Å²) in [6, 6.07) is 6.19. The van der Waals surface area contributed by atoms with E-state index in [9.17, 15) is 10.1 Å². The summed E-state index contributed by atoms with van der Waals surface area (Å²) in [6.45, 7) is 3.62. The summed E-state index contributed by atoms with van der Waals surface area (Å²) in [4.78, 5) is 10.5. The first kappa shape index (κ1) is 16.2. The van der Waals surface area contributed by atoms with Crippen molar-refractivity contribution in [2.45, 2.75) is 13.8 Å². The molecular formula is C13H13N5O2S2. The van der Waals surface area contributed by atoms with Crippen molar-refractivity contribution in [2.24, 2.45) is 10.2 Å². The quantitative estimate of drug-likeness (QED) is 0.361. The Labute approximate surface area is 136 Å². The van der Waals surface area contributed by atoms with Gasteiger partial charge in [0.25, 0.3) is 5.69 Å². The first-order chi connectivity index (χ1) is 10.5. The summed E-state index contributed by atoms with van der Waals surface area (Å²) < 4.78 is 2.22. The molecule has 2 aromatic rings. The largest absolute Gasteiger partial charge is 0.296 e. The van der Waals surface area contributed by atoms with Crippen molar-refractivity contribution < 1.29 is 4.92 Å². The maximum absolute atomic E-state index is 11.0. The highest BCUT2D eigenvalue weighted by Crippen LogP contribution is 2.30. The average Bonchev–Trinajstić information content (AvgIpc) is 2.79.